The summed E-state index contributed by atoms with van der Waals surface area (Å²) in [5.41, 5.74) is 0. The molecule has 0 rings (SSSR count). The van der Waals surface area contributed by atoms with Gasteiger partial charge in [0.1, 0.15) is 0 Å². The van der Waals surface area contributed by atoms with Gasteiger partial charge in [-0.15, -0.1) is 0 Å². The van der Waals surface area contributed by atoms with Crippen LogP contribution in [0.3, 0.4) is 0 Å². The smallest absolute Gasteiger partial charge is 0.411 e. The van der Waals surface area contributed by atoms with Crippen molar-refractivity contribution in [1.29, 1.82) is 0 Å². The Labute approximate surface area is 365 Å². The Hall–Kier alpha value is 1.15. The molecule has 0 unspecified atom stereocenters. The maximum atomic E-state index is 4.98. The van der Waals surface area contributed by atoms with Crippen LogP contribution in [0.4, 0.5) is 0 Å². The Morgan fingerprint density at radius 3 is 0.469 bits per heavy atom. The Morgan fingerprint density at radius 2 is 0.408 bits per heavy atom. The Morgan fingerprint density at radius 1 is 0.306 bits per heavy atom. The first kappa shape index (κ1) is 59.4. The van der Waals surface area contributed by atoms with Crippen molar-refractivity contribution >= 4 is 117 Å². The summed E-state index contributed by atoms with van der Waals surface area (Å²) < 4.78 is 2.54. The third-order valence-electron chi connectivity index (χ3n) is 7.29. The van der Waals surface area contributed by atoms with Gasteiger partial charge in [-0.2, -0.15) is 0 Å². The van der Waals surface area contributed by atoms with Crippen molar-refractivity contribution in [2.75, 3.05) is 52.4 Å². The van der Waals surface area contributed by atoms with Gasteiger partial charge in [-0.1, -0.05) is 124 Å². The molecular formula is C36H72N4S8Ti. The second kappa shape index (κ2) is 47.2. The minimum Gasteiger partial charge on any atom is -0.411 e. The third-order valence-corrected chi connectivity index (χ3v) is 9.35. The minimum absolute atomic E-state index is 0. The molecular weight excluding hydrogens is 793 g/mol. The fourth-order valence-electron chi connectivity index (χ4n) is 3.97. The normalized spacial score (nSPS) is 9.63. The average Bonchev–Trinajstić information content (AvgIpc) is 3.05. The first-order chi connectivity index (χ1) is 22.9. The first-order valence-corrected chi connectivity index (χ1v) is 22.0. The van der Waals surface area contributed by atoms with Gasteiger partial charge in [0.05, 0.1) is 0 Å². The van der Waals surface area contributed by atoms with Crippen LogP contribution in [-0.4, -0.2) is 89.2 Å². The van der Waals surface area contributed by atoms with E-state index in [4.69, 9.17) is 99.4 Å². The van der Waals surface area contributed by atoms with Crippen LogP contribution in [0.5, 0.6) is 0 Å². The zero-order valence-corrected chi connectivity index (χ0v) is 40.6. The summed E-state index contributed by atoms with van der Waals surface area (Å²) >= 11 is 39.9. The van der Waals surface area contributed by atoms with Gasteiger partial charge >= 0.3 is 21.7 Å². The zero-order chi connectivity index (χ0) is 37.6. The van der Waals surface area contributed by atoms with Crippen LogP contribution in [0.25, 0.3) is 0 Å². The summed E-state index contributed by atoms with van der Waals surface area (Å²) in [7, 11) is 0. The van der Waals surface area contributed by atoms with Crippen LogP contribution in [0.15, 0.2) is 0 Å². The third kappa shape index (κ3) is 45.2. The van der Waals surface area contributed by atoms with E-state index in [1.807, 2.05) is 0 Å². The molecule has 0 aromatic heterocycles. The number of hydrogen-bond donors (Lipinski definition) is 0. The van der Waals surface area contributed by atoms with Crippen molar-refractivity contribution < 1.29 is 21.7 Å². The molecule has 0 aromatic rings. The summed E-state index contributed by atoms with van der Waals surface area (Å²) in [6, 6.07) is 0. The molecule has 0 aliphatic heterocycles. The predicted molar refractivity (Wildman–Crippen MR) is 245 cm³/mol. The largest absolute Gasteiger partial charge is 4.00 e. The monoisotopic (exact) mass is 864 g/mol. The van der Waals surface area contributed by atoms with E-state index in [-0.39, 0.29) is 21.7 Å². The van der Waals surface area contributed by atoms with Gasteiger partial charge in [-0.05, 0) is 51.4 Å². The van der Waals surface area contributed by atoms with Gasteiger partial charge in [0, 0.05) is 52.4 Å². The Bertz CT molecular complexity index is 598. The van der Waals surface area contributed by atoms with Gasteiger partial charge in [-0.3, -0.25) is 0 Å². The second-order valence-corrected chi connectivity index (χ2v) is 16.0. The number of thiocarbonyl (C=S) groups is 4. The van der Waals surface area contributed by atoms with E-state index in [1.165, 1.54) is 103 Å². The van der Waals surface area contributed by atoms with Gasteiger partial charge in [0.25, 0.3) is 0 Å². The molecule has 0 radical (unpaired) electrons. The molecule has 0 bridgehead atoms. The molecule has 0 fully saturated rings. The molecule has 0 aliphatic rings. The van der Waals surface area contributed by atoms with E-state index in [1.54, 1.807) is 0 Å². The van der Waals surface area contributed by atoms with Gasteiger partial charge in [0.15, 0.2) is 0 Å². The van der Waals surface area contributed by atoms with Crippen molar-refractivity contribution in [1.82, 2.24) is 19.6 Å². The average molecular weight is 865 g/mol. The summed E-state index contributed by atoms with van der Waals surface area (Å²) in [4.78, 5) is 8.55. The SMILES string of the molecule is CCCCN(CCCC)C(=S)[S-].CCCCN(CCCC)C(=S)[S-].CCCCN(CCCC)C(=S)[S-].CCCCN(CCCC)C(=S)[S-].[Ti+4]. The van der Waals surface area contributed by atoms with Gasteiger partial charge in [0.2, 0.25) is 0 Å². The van der Waals surface area contributed by atoms with Crippen LogP contribution in [0.1, 0.15) is 158 Å². The minimum atomic E-state index is 0. The summed E-state index contributed by atoms with van der Waals surface area (Å²) in [5.74, 6) is 0. The molecule has 0 saturated heterocycles. The molecule has 13 heteroatoms. The standard InChI is InChI=1S/4C9H19NS2.Ti/c4*1-3-5-7-10(9(11)12)8-6-4-2;/h4*3-8H2,1-2H3,(H,11,12);/q;;;;+4/p-4. The quantitative estimate of drug-likeness (QED) is 0.0521. The molecule has 0 saturated carbocycles. The molecule has 288 valence electrons. The van der Waals surface area contributed by atoms with E-state index in [0.29, 0.717) is 17.3 Å². The molecule has 0 heterocycles. The van der Waals surface area contributed by atoms with Crippen molar-refractivity contribution in [3.63, 3.8) is 0 Å². The van der Waals surface area contributed by atoms with Crippen molar-refractivity contribution in [3.8, 4) is 0 Å². The number of rotatable bonds is 24. The summed E-state index contributed by atoms with van der Waals surface area (Å²) in [6.07, 6.45) is 19.2. The summed E-state index contributed by atoms with van der Waals surface area (Å²) in [6.45, 7) is 25.8. The van der Waals surface area contributed by atoms with E-state index >= 15 is 0 Å². The maximum Gasteiger partial charge on any atom is 4.00 e. The van der Waals surface area contributed by atoms with Crippen molar-refractivity contribution in [3.05, 3.63) is 0 Å². The zero-order valence-electron chi connectivity index (χ0n) is 32.5. The fraction of sp³-hybridized carbons (Fsp3) is 0.889. The molecule has 0 aliphatic carbocycles. The van der Waals surface area contributed by atoms with Crippen LogP contribution < -0.4 is 0 Å². The fourth-order valence-corrected chi connectivity index (χ4v) is 5.43. The molecule has 49 heavy (non-hydrogen) atoms. The first-order valence-electron chi connectivity index (χ1n) is 18.7. The van der Waals surface area contributed by atoms with Gasteiger partial charge < -0.3 is 119 Å². The van der Waals surface area contributed by atoms with Crippen LogP contribution >= 0.6 is 48.9 Å². The molecule has 4 nitrogen and oxygen atoms in total. The number of unbranched alkanes of at least 4 members (excludes halogenated alkanes) is 8. The van der Waals surface area contributed by atoms with E-state index in [2.05, 4.69) is 75.0 Å². The second-order valence-electron chi connectivity index (χ2n) is 11.8. The van der Waals surface area contributed by atoms with E-state index in [0.717, 1.165) is 52.4 Å². The van der Waals surface area contributed by atoms with Gasteiger partial charge in [-0.25, -0.2) is 0 Å². The van der Waals surface area contributed by atoms with Crippen LogP contribution in [0.2, 0.25) is 0 Å². The maximum absolute atomic E-state index is 4.98. The van der Waals surface area contributed by atoms with Crippen LogP contribution in [0, 0.1) is 0 Å². The van der Waals surface area contributed by atoms with Crippen molar-refractivity contribution in [2.24, 2.45) is 0 Å². The molecule has 0 amide bonds. The topological polar surface area (TPSA) is 13.0 Å². The van der Waals surface area contributed by atoms with E-state index in [9.17, 15) is 0 Å². The summed E-state index contributed by atoms with van der Waals surface area (Å²) in [5, 5.41) is 0. The molecule has 0 atom stereocenters. The molecule has 0 aromatic carbocycles. The molecule has 0 spiro atoms. The Kier molecular flexibility index (Phi) is 57.2. The van der Waals surface area contributed by atoms with Crippen molar-refractivity contribution in [2.45, 2.75) is 158 Å². The predicted octanol–water partition coefficient (Wildman–Crippen LogP) is 10.9. The molecule has 0 N–H and O–H groups in total. The van der Waals surface area contributed by atoms with Crippen LogP contribution in [-0.2, 0) is 72.2 Å². The Balaban J connectivity index is -0.000000174. The number of hydrogen-bond acceptors (Lipinski definition) is 8. The number of nitrogens with zero attached hydrogens (tertiary/aromatic N) is 4. The van der Waals surface area contributed by atoms with E-state index < -0.39 is 0 Å².